The van der Waals surface area contributed by atoms with Crippen LogP contribution in [0.3, 0.4) is 0 Å². The molecule has 2 rings (SSSR count). The van der Waals surface area contributed by atoms with Gasteiger partial charge in [0.05, 0.1) is 5.92 Å². The fourth-order valence-electron chi connectivity index (χ4n) is 2.92. The molecule has 0 radical (unpaired) electrons. The normalized spacial score (nSPS) is 23.8. The van der Waals surface area contributed by atoms with E-state index in [9.17, 15) is 13.6 Å². The maximum absolute atomic E-state index is 13.7. The van der Waals surface area contributed by atoms with Crippen LogP contribution in [0.2, 0.25) is 0 Å². The molecule has 5 heteroatoms. The number of aliphatic carboxylic acids is 1. The van der Waals surface area contributed by atoms with E-state index < -0.39 is 17.6 Å². The number of nitrogens with one attached hydrogen (secondary N) is 1. The van der Waals surface area contributed by atoms with Crippen molar-refractivity contribution in [3.8, 4) is 0 Å². The summed E-state index contributed by atoms with van der Waals surface area (Å²) in [5, 5.41) is 12.2. The summed E-state index contributed by atoms with van der Waals surface area (Å²) in [6.45, 7) is 2.50. The zero-order valence-electron chi connectivity index (χ0n) is 12.1. The highest BCUT2D eigenvalue weighted by Gasteiger charge is 2.26. The van der Waals surface area contributed by atoms with Gasteiger partial charge in [-0.15, -0.1) is 0 Å². The largest absolute Gasteiger partial charge is 0.481 e. The molecule has 1 aliphatic carbocycles. The molecule has 0 amide bonds. The molecule has 0 aromatic heterocycles. The van der Waals surface area contributed by atoms with Gasteiger partial charge in [-0.3, -0.25) is 4.79 Å². The summed E-state index contributed by atoms with van der Waals surface area (Å²) < 4.78 is 26.9. The lowest BCUT2D eigenvalue weighted by molar-refractivity contribution is -0.143. The minimum Gasteiger partial charge on any atom is -0.481 e. The van der Waals surface area contributed by atoms with E-state index in [4.69, 9.17) is 5.11 Å². The van der Waals surface area contributed by atoms with E-state index in [2.05, 4.69) is 5.32 Å². The van der Waals surface area contributed by atoms with Crippen LogP contribution in [0.15, 0.2) is 18.2 Å². The first-order valence-electron chi connectivity index (χ1n) is 7.39. The van der Waals surface area contributed by atoms with Gasteiger partial charge in [-0.05, 0) is 51.1 Å². The van der Waals surface area contributed by atoms with Gasteiger partial charge in [0.15, 0.2) is 11.6 Å². The van der Waals surface area contributed by atoms with Crippen LogP contribution < -0.4 is 5.32 Å². The highest BCUT2D eigenvalue weighted by molar-refractivity contribution is 5.69. The molecule has 116 valence electrons. The third-order valence-corrected chi connectivity index (χ3v) is 4.36. The van der Waals surface area contributed by atoms with Crippen LogP contribution in [-0.2, 0) is 4.79 Å². The van der Waals surface area contributed by atoms with Crippen LogP contribution >= 0.6 is 0 Å². The smallest absolute Gasteiger partial charge is 0.306 e. The topological polar surface area (TPSA) is 49.3 Å². The van der Waals surface area contributed by atoms with Crippen molar-refractivity contribution < 1.29 is 18.7 Å². The van der Waals surface area contributed by atoms with Gasteiger partial charge in [0.1, 0.15) is 0 Å². The van der Waals surface area contributed by atoms with Crippen molar-refractivity contribution in [1.29, 1.82) is 0 Å². The van der Waals surface area contributed by atoms with Crippen molar-refractivity contribution in [3.63, 3.8) is 0 Å². The molecule has 0 bridgehead atoms. The van der Waals surface area contributed by atoms with Gasteiger partial charge in [-0.25, -0.2) is 8.78 Å². The summed E-state index contributed by atoms with van der Waals surface area (Å²) in [6.07, 6.45) is 3.12. The molecule has 0 spiro atoms. The second-order valence-corrected chi connectivity index (χ2v) is 5.83. The van der Waals surface area contributed by atoms with E-state index in [1.807, 2.05) is 0 Å². The molecule has 2 N–H and O–H groups in total. The predicted molar refractivity (Wildman–Crippen MR) is 75.9 cm³/mol. The molecule has 3 nitrogen and oxygen atoms in total. The minimum absolute atomic E-state index is 0.223. The van der Waals surface area contributed by atoms with Gasteiger partial charge in [0.2, 0.25) is 0 Å². The van der Waals surface area contributed by atoms with Gasteiger partial charge in [0, 0.05) is 11.6 Å². The Kier molecular flexibility index (Phi) is 5.28. The van der Waals surface area contributed by atoms with Crippen molar-refractivity contribution in [3.05, 3.63) is 35.4 Å². The minimum atomic E-state index is -0.830. The van der Waals surface area contributed by atoms with E-state index in [1.165, 1.54) is 6.07 Å². The summed E-state index contributed by atoms with van der Waals surface area (Å²) in [5.41, 5.74) is 0.328. The van der Waals surface area contributed by atoms with Crippen molar-refractivity contribution in [2.24, 2.45) is 11.8 Å². The third-order valence-electron chi connectivity index (χ3n) is 4.36. The zero-order valence-corrected chi connectivity index (χ0v) is 12.1. The number of carboxylic acid groups (broad SMARTS) is 1. The molecule has 0 heterocycles. The lowest BCUT2D eigenvalue weighted by Gasteiger charge is -2.27. The van der Waals surface area contributed by atoms with Crippen LogP contribution in [0, 0.1) is 23.5 Å². The number of benzene rings is 1. The monoisotopic (exact) mass is 297 g/mol. The number of hydrogen-bond donors (Lipinski definition) is 2. The Morgan fingerprint density at radius 3 is 2.62 bits per heavy atom. The first-order valence-corrected chi connectivity index (χ1v) is 7.39. The van der Waals surface area contributed by atoms with E-state index in [0.29, 0.717) is 30.9 Å². The summed E-state index contributed by atoms with van der Waals surface area (Å²) in [7, 11) is 0. The van der Waals surface area contributed by atoms with E-state index in [-0.39, 0.29) is 12.0 Å². The molecule has 0 saturated heterocycles. The zero-order chi connectivity index (χ0) is 15.4. The molecular weight excluding hydrogens is 276 g/mol. The average molecular weight is 297 g/mol. The molecule has 1 fully saturated rings. The Labute approximate surface area is 123 Å². The molecule has 1 unspecified atom stereocenters. The first-order chi connectivity index (χ1) is 9.99. The van der Waals surface area contributed by atoms with Crippen LogP contribution in [0.4, 0.5) is 8.78 Å². The lowest BCUT2D eigenvalue weighted by Crippen LogP contribution is -2.30. The third kappa shape index (κ3) is 4.00. The SMILES string of the molecule is CC(NCC1CCC(C(=O)O)CC1)c1cccc(F)c1F. The lowest BCUT2D eigenvalue weighted by atomic mass is 9.82. The standard InChI is InChI=1S/C16H21F2NO2/c1-10(13-3-2-4-14(17)15(13)18)19-9-11-5-7-12(8-6-11)16(20)21/h2-4,10-12,19H,5-9H2,1H3,(H,20,21). The van der Waals surface area contributed by atoms with Gasteiger partial charge in [-0.1, -0.05) is 12.1 Å². The molecule has 1 aliphatic rings. The van der Waals surface area contributed by atoms with Crippen molar-refractivity contribution in [2.75, 3.05) is 6.54 Å². The summed E-state index contributed by atoms with van der Waals surface area (Å²) in [4.78, 5) is 10.9. The summed E-state index contributed by atoms with van der Waals surface area (Å²) >= 11 is 0. The number of rotatable bonds is 5. The highest BCUT2D eigenvalue weighted by atomic mass is 19.2. The average Bonchev–Trinajstić information content (AvgIpc) is 2.48. The maximum Gasteiger partial charge on any atom is 0.306 e. The Balaban J connectivity index is 1.83. The van der Waals surface area contributed by atoms with Gasteiger partial charge in [0.25, 0.3) is 0 Å². The molecule has 21 heavy (non-hydrogen) atoms. The number of carboxylic acids is 1. The quantitative estimate of drug-likeness (QED) is 0.874. The molecule has 0 aliphatic heterocycles. The van der Waals surface area contributed by atoms with Gasteiger partial charge >= 0.3 is 5.97 Å². The molecule has 1 aromatic rings. The Hall–Kier alpha value is -1.49. The Bertz CT molecular complexity index is 499. The van der Waals surface area contributed by atoms with Crippen molar-refractivity contribution >= 4 is 5.97 Å². The van der Waals surface area contributed by atoms with Gasteiger partial charge in [-0.2, -0.15) is 0 Å². The molecule has 1 atom stereocenters. The van der Waals surface area contributed by atoms with Crippen LogP contribution in [-0.4, -0.2) is 17.6 Å². The molecule has 1 aromatic carbocycles. The van der Waals surface area contributed by atoms with Crippen LogP contribution in [0.25, 0.3) is 0 Å². The highest BCUT2D eigenvalue weighted by Crippen LogP contribution is 2.29. The van der Waals surface area contributed by atoms with E-state index in [1.54, 1.807) is 13.0 Å². The predicted octanol–water partition coefficient (Wildman–Crippen LogP) is 3.51. The Morgan fingerprint density at radius 2 is 2.00 bits per heavy atom. The number of carbonyl (C=O) groups is 1. The molecule has 1 saturated carbocycles. The van der Waals surface area contributed by atoms with Crippen LogP contribution in [0.5, 0.6) is 0 Å². The maximum atomic E-state index is 13.7. The van der Waals surface area contributed by atoms with E-state index >= 15 is 0 Å². The second kappa shape index (κ2) is 6.98. The van der Waals surface area contributed by atoms with Gasteiger partial charge < -0.3 is 10.4 Å². The Morgan fingerprint density at radius 1 is 1.33 bits per heavy atom. The number of hydrogen-bond acceptors (Lipinski definition) is 2. The number of halogens is 2. The van der Waals surface area contributed by atoms with Crippen LogP contribution in [0.1, 0.15) is 44.2 Å². The van der Waals surface area contributed by atoms with Crippen molar-refractivity contribution in [1.82, 2.24) is 5.32 Å². The fraction of sp³-hybridized carbons (Fsp3) is 0.562. The summed E-state index contributed by atoms with van der Waals surface area (Å²) in [6, 6.07) is 3.93. The fourth-order valence-corrected chi connectivity index (χ4v) is 2.92. The van der Waals surface area contributed by atoms with E-state index in [0.717, 1.165) is 18.9 Å². The molecular formula is C16H21F2NO2. The second-order valence-electron chi connectivity index (χ2n) is 5.83. The summed E-state index contributed by atoms with van der Waals surface area (Å²) in [5.74, 6) is -2.16. The van der Waals surface area contributed by atoms with Crippen molar-refractivity contribution in [2.45, 2.75) is 38.6 Å². The first kappa shape index (κ1) is 15.9.